The second kappa shape index (κ2) is 5.86. The zero-order valence-electron chi connectivity index (χ0n) is 10.6. The van der Waals surface area contributed by atoms with Crippen LogP contribution >= 0.6 is 27.5 Å². The summed E-state index contributed by atoms with van der Waals surface area (Å²) in [4.78, 5) is 0. The van der Waals surface area contributed by atoms with Gasteiger partial charge in [0, 0.05) is 5.02 Å². The number of hydrogen-bond donors (Lipinski definition) is 0. The Balaban J connectivity index is 1.86. The molecule has 0 fully saturated rings. The van der Waals surface area contributed by atoms with Crippen molar-refractivity contribution in [2.45, 2.75) is 6.61 Å². The molecule has 3 heteroatoms. The molecule has 0 N–H and O–H groups in total. The number of rotatable bonds is 3. The summed E-state index contributed by atoms with van der Waals surface area (Å²) in [6.07, 6.45) is 0. The maximum Gasteiger partial charge on any atom is 0.134 e. The molecule has 0 bridgehead atoms. The first kappa shape index (κ1) is 13.5. The zero-order chi connectivity index (χ0) is 13.9. The molecule has 0 saturated heterocycles. The summed E-state index contributed by atoms with van der Waals surface area (Å²) in [5.74, 6) is 0.837. The standard InChI is InChI=1S/C17H12BrClO/c18-17-15-7-2-1-5-13(15)8-9-16(17)20-11-12-4-3-6-14(19)10-12/h1-10H,11H2. The van der Waals surface area contributed by atoms with Gasteiger partial charge >= 0.3 is 0 Å². The van der Waals surface area contributed by atoms with E-state index in [2.05, 4.69) is 34.1 Å². The number of halogens is 2. The first-order chi connectivity index (χ1) is 9.74. The maximum atomic E-state index is 5.97. The number of ether oxygens (including phenoxy) is 1. The van der Waals surface area contributed by atoms with Gasteiger partial charge < -0.3 is 4.74 Å². The lowest BCUT2D eigenvalue weighted by Crippen LogP contribution is -1.96. The predicted octanol–water partition coefficient (Wildman–Crippen LogP) is 5.83. The molecule has 1 nitrogen and oxygen atoms in total. The first-order valence-electron chi connectivity index (χ1n) is 6.28. The van der Waals surface area contributed by atoms with Crippen molar-refractivity contribution in [3.8, 4) is 5.75 Å². The van der Waals surface area contributed by atoms with Crippen LogP contribution < -0.4 is 4.74 Å². The quantitative estimate of drug-likeness (QED) is 0.579. The molecule has 0 radical (unpaired) electrons. The van der Waals surface area contributed by atoms with Gasteiger partial charge in [0.15, 0.2) is 0 Å². The highest BCUT2D eigenvalue weighted by Crippen LogP contribution is 2.33. The zero-order valence-corrected chi connectivity index (χ0v) is 13.0. The van der Waals surface area contributed by atoms with Crippen molar-refractivity contribution in [2.75, 3.05) is 0 Å². The third-order valence-corrected chi connectivity index (χ3v) is 4.16. The van der Waals surface area contributed by atoms with Crippen LogP contribution in [0.5, 0.6) is 5.75 Å². The molecule has 20 heavy (non-hydrogen) atoms. The van der Waals surface area contributed by atoms with Crippen LogP contribution in [0.4, 0.5) is 0 Å². The molecular formula is C17H12BrClO. The Morgan fingerprint density at radius 2 is 1.80 bits per heavy atom. The summed E-state index contributed by atoms with van der Waals surface area (Å²) in [5.41, 5.74) is 1.05. The van der Waals surface area contributed by atoms with Crippen molar-refractivity contribution in [1.29, 1.82) is 0 Å². The van der Waals surface area contributed by atoms with Gasteiger partial charge in [-0.15, -0.1) is 0 Å². The van der Waals surface area contributed by atoms with Crippen molar-refractivity contribution in [2.24, 2.45) is 0 Å². The molecule has 0 amide bonds. The topological polar surface area (TPSA) is 9.23 Å². The van der Waals surface area contributed by atoms with E-state index < -0.39 is 0 Å². The summed E-state index contributed by atoms with van der Waals surface area (Å²) in [7, 11) is 0. The summed E-state index contributed by atoms with van der Waals surface area (Å²) >= 11 is 9.59. The van der Waals surface area contributed by atoms with Crippen molar-refractivity contribution in [1.82, 2.24) is 0 Å². The smallest absolute Gasteiger partial charge is 0.134 e. The fourth-order valence-electron chi connectivity index (χ4n) is 2.11. The van der Waals surface area contributed by atoms with Crippen LogP contribution in [0, 0.1) is 0 Å². The van der Waals surface area contributed by atoms with E-state index in [9.17, 15) is 0 Å². The Morgan fingerprint density at radius 3 is 2.65 bits per heavy atom. The highest BCUT2D eigenvalue weighted by atomic mass is 79.9. The van der Waals surface area contributed by atoms with E-state index in [1.165, 1.54) is 5.39 Å². The molecule has 3 rings (SSSR count). The van der Waals surface area contributed by atoms with Crippen molar-refractivity contribution < 1.29 is 4.74 Å². The van der Waals surface area contributed by atoms with Crippen molar-refractivity contribution in [3.05, 3.63) is 75.7 Å². The lowest BCUT2D eigenvalue weighted by atomic mass is 10.1. The van der Waals surface area contributed by atoms with Crippen LogP contribution in [0.1, 0.15) is 5.56 Å². The van der Waals surface area contributed by atoms with Gasteiger partial charge in [0.1, 0.15) is 12.4 Å². The van der Waals surface area contributed by atoms with Gasteiger partial charge in [0.05, 0.1) is 4.47 Å². The molecule has 0 heterocycles. The summed E-state index contributed by atoms with van der Waals surface area (Å²) in [5, 5.41) is 3.06. The molecule has 0 aliphatic carbocycles. The summed E-state index contributed by atoms with van der Waals surface area (Å²) in [6, 6.07) is 20.0. The van der Waals surface area contributed by atoms with Crippen LogP contribution in [-0.2, 0) is 6.61 Å². The van der Waals surface area contributed by atoms with Gasteiger partial charge in [-0.1, -0.05) is 54.1 Å². The van der Waals surface area contributed by atoms with Gasteiger partial charge in [-0.3, -0.25) is 0 Å². The second-order valence-electron chi connectivity index (χ2n) is 4.52. The van der Waals surface area contributed by atoms with Gasteiger partial charge in [-0.05, 0) is 50.5 Å². The Labute approximate surface area is 131 Å². The molecule has 0 aliphatic heterocycles. The minimum Gasteiger partial charge on any atom is -0.488 e. The number of fused-ring (bicyclic) bond motifs is 1. The van der Waals surface area contributed by atoms with E-state index in [1.54, 1.807) is 0 Å². The van der Waals surface area contributed by atoms with Crippen molar-refractivity contribution >= 4 is 38.3 Å². The number of benzene rings is 3. The van der Waals surface area contributed by atoms with Crippen LogP contribution in [0.3, 0.4) is 0 Å². The molecule has 0 spiro atoms. The van der Waals surface area contributed by atoms with E-state index in [0.29, 0.717) is 6.61 Å². The fraction of sp³-hybridized carbons (Fsp3) is 0.0588. The molecule has 0 unspecified atom stereocenters. The third kappa shape index (κ3) is 2.82. The van der Waals surface area contributed by atoms with Gasteiger partial charge in [0.2, 0.25) is 0 Å². The highest BCUT2D eigenvalue weighted by molar-refractivity contribution is 9.10. The van der Waals surface area contributed by atoms with E-state index >= 15 is 0 Å². The average molecular weight is 348 g/mol. The Morgan fingerprint density at radius 1 is 0.950 bits per heavy atom. The third-order valence-electron chi connectivity index (χ3n) is 3.11. The molecule has 100 valence electrons. The maximum absolute atomic E-state index is 5.97. The lowest BCUT2D eigenvalue weighted by molar-refractivity contribution is 0.305. The van der Waals surface area contributed by atoms with Gasteiger partial charge in [-0.2, -0.15) is 0 Å². The van der Waals surface area contributed by atoms with Crippen LogP contribution in [0.2, 0.25) is 5.02 Å². The Bertz CT molecular complexity index is 755. The lowest BCUT2D eigenvalue weighted by Gasteiger charge is -2.10. The largest absolute Gasteiger partial charge is 0.488 e. The Hall–Kier alpha value is -1.51. The van der Waals surface area contributed by atoms with E-state index in [4.69, 9.17) is 16.3 Å². The number of hydrogen-bond acceptors (Lipinski definition) is 1. The van der Waals surface area contributed by atoms with Crippen molar-refractivity contribution in [3.63, 3.8) is 0 Å². The van der Waals surface area contributed by atoms with E-state index in [1.807, 2.05) is 42.5 Å². The molecule has 3 aromatic carbocycles. The van der Waals surface area contributed by atoms with E-state index in [-0.39, 0.29) is 0 Å². The normalized spacial score (nSPS) is 10.7. The van der Waals surface area contributed by atoms with Crippen LogP contribution in [0.25, 0.3) is 10.8 Å². The van der Waals surface area contributed by atoms with E-state index in [0.717, 1.165) is 26.2 Å². The molecular weight excluding hydrogens is 336 g/mol. The second-order valence-corrected chi connectivity index (χ2v) is 5.75. The van der Waals surface area contributed by atoms with Crippen LogP contribution in [0.15, 0.2) is 65.1 Å². The first-order valence-corrected chi connectivity index (χ1v) is 7.45. The fourth-order valence-corrected chi connectivity index (χ4v) is 2.93. The van der Waals surface area contributed by atoms with Crippen LogP contribution in [-0.4, -0.2) is 0 Å². The summed E-state index contributed by atoms with van der Waals surface area (Å²) in [6.45, 7) is 0.498. The average Bonchev–Trinajstić information content (AvgIpc) is 2.47. The summed E-state index contributed by atoms with van der Waals surface area (Å²) < 4.78 is 6.86. The van der Waals surface area contributed by atoms with Gasteiger partial charge in [-0.25, -0.2) is 0 Å². The SMILES string of the molecule is Clc1cccc(COc2ccc3ccccc3c2Br)c1. The Kier molecular flexibility index (Phi) is 3.95. The monoisotopic (exact) mass is 346 g/mol. The molecule has 0 saturated carbocycles. The molecule has 0 aliphatic rings. The minimum absolute atomic E-state index is 0.498. The highest BCUT2D eigenvalue weighted by Gasteiger charge is 2.06. The molecule has 0 atom stereocenters. The molecule has 3 aromatic rings. The van der Waals surface area contributed by atoms with Gasteiger partial charge in [0.25, 0.3) is 0 Å². The minimum atomic E-state index is 0.498. The molecule has 0 aromatic heterocycles. The predicted molar refractivity (Wildman–Crippen MR) is 87.4 cm³/mol.